The molecule has 7 heteroatoms. The van der Waals surface area contributed by atoms with Crippen molar-refractivity contribution in [3.63, 3.8) is 0 Å². The number of rotatable bonds is 7. The highest BCUT2D eigenvalue weighted by Gasteiger charge is 2.27. The Bertz CT molecular complexity index is 691. The summed E-state index contributed by atoms with van der Waals surface area (Å²) in [7, 11) is 1.50. The SMILES string of the molecule is CCCCOC(=O)NC1CCC(C(=O)Nc2ccc(OC)c(C#N)c2)CC1. The zero-order valence-corrected chi connectivity index (χ0v) is 15.9. The number of nitriles is 1. The van der Waals surface area contributed by atoms with E-state index in [9.17, 15) is 9.59 Å². The van der Waals surface area contributed by atoms with Gasteiger partial charge in [0.2, 0.25) is 5.91 Å². The number of amides is 2. The number of nitrogens with one attached hydrogen (secondary N) is 2. The number of alkyl carbamates (subject to hydrolysis) is 1. The molecular formula is C20H27N3O4. The number of benzene rings is 1. The van der Waals surface area contributed by atoms with Crippen LogP contribution in [0.15, 0.2) is 18.2 Å². The Morgan fingerprint density at radius 2 is 2.00 bits per heavy atom. The van der Waals surface area contributed by atoms with Gasteiger partial charge in [-0.3, -0.25) is 4.79 Å². The van der Waals surface area contributed by atoms with Crippen molar-refractivity contribution in [1.29, 1.82) is 5.26 Å². The van der Waals surface area contributed by atoms with Crippen LogP contribution in [0.3, 0.4) is 0 Å². The van der Waals surface area contributed by atoms with Crippen LogP contribution in [0.1, 0.15) is 51.0 Å². The van der Waals surface area contributed by atoms with Crippen molar-refractivity contribution in [3.8, 4) is 11.8 Å². The van der Waals surface area contributed by atoms with Crippen LogP contribution >= 0.6 is 0 Å². The van der Waals surface area contributed by atoms with Gasteiger partial charge in [0.15, 0.2) is 0 Å². The maximum atomic E-state index is 12.5. The van der Waals surface area contributed by atoms with Crippen molar-refractivity contribution >= 4 is 17.7 Å². The second-order valence-electron chi connectivity index (χ2n) is 6.70. The molecule has 0 aromatic heterocycles. The van der Waals surface area contributed by atoms with Gasteiger partial charge in [0, 0.05) is 17.6 Å². The molecule has 1 aliphatic rings. The van der Waals surface area contributed by atoms with E-state index in [4.69, 9.17) is 14.7 Å². The van der Waals surface area contributed by atoms with Gasteiger partial charge in [0.1, 0.15) is 11.8 Å². The standard InChI is InChI=1S/C20H27N3O4/c1-3-4-11-27-20(25)23-16-7-5-14(6-8-16)19(24)22-17-9-10-18(26-2)15(12-17)13-21/h9-10,12,14,16H,3-8,11H2,1-2H3,(H,22,24)(H,23,25). The molecule has 0 unspecified atom stereocenters. The van der Waals surface area contributed by atoms with Crippen molar-refractivity contribution in [2.24, 2.45) is 5.92 Å². The molecule has 2 N–H and O–H groups in total. The first-order valence-electron chi connectivity index (χ1n) is 9.39. The summed E-state index contributed by atoms with van der Waals surface area (Å²) < 4.78 is 10.2. The lowest BCUT2D eigenvalue weighted by atomic mass is 9.85. The van der Waals surface area contributed by atoms with Crippen molar-refractivity contribution in [2.75, 3.05) is 19.0 Å². The van der Waals surface area contributed by atoms with Crippen molar-refractivity contribution in [1.82, 2.24) is 5.32 Å². The lowest BCUT2D eigenvalue weighted by Gasteiger charge is -2.28. The Morgan fingerprint density at radius 1 is 1.26 bits per heavy atom. The van der Waals surface area contributed by atoms with Crippen LogP contribution in [-0.4, -0.2) is 31.8 Å². The molecule has 7 nitrogen and oxygen atoms in total. The summed E-state index contributed by atoms with van der Waals surface area (Å²) in [5, 5.41) is 14.9. The Balaban J connectivity index is 1.80. The third kappa shape index (κ3) is 6.17. The lowest BCUT2D eigenvalue weighted by molar-refractivity contribution is -0.120. The topological polar surface area (TPSA) is 100 Å². The number of unbranched alkanes of at least 4 members (excludes halogenated alkanes) is 1. The van der Waals surface area contributed by atoms with Crippen molar-refractivity contribution < 1.29 is 19.1 Å². The van der Waals surface area contributed by atoms with E-state index in [0.29, 0.717) is 36.4 Å². The molecule has 0 aliphatic heterocycles. The number of hydrogen-bond donors (Lipinski definition) is 2. The number of carbonyl (C=O) groups excluding carboxylic acids is 2. The molecular weight excluding hydrogens is 346 g/mol. The van der Waals surface area contributed by atoms with E-state index < -0.39 is 0 Å². The fourth-order valence-corrected chi connectivity index (χ4v) is 3.13. The molecule has 1 aromatic rings. The smallest absolute Gasteiger partial charge is 0.407 e. The first kappa shape index (κ1) is 20.6. The van der Waals surface area contributed by atoms with Gasteiger partial charge >= 0.3 is 6.09 Å². The number of carbonyl (C=O) groups is 2. The summed E-state index contributed by atoms with van der Waals surface area (Å²) in [6.07, 6.45) is 4.36. The highest BCUT2D eigenvalue weighted by atomic mass is 16.5. The van der Waals surface area contributed by atoms with Crippen LogP contribution in [0.5, 0.6) is 5.75 Å². The van der Waals surface area contributed by atoms with Crippen LogP contribution < -0.4 is 15.4 Å². The Kier molecular flexibility index (Phi) is 7.93. The van der Waals surface area contributed by atoms with E-state index in [1.165, 1.54) is 7.11 Å². The van der Waals surface area contributed by atoms with Crippen LogP contribution in [0, 0.1) is 17.2 Å². The predicted octanol–water partition coefficient (Wildman–Crippen LogP) is 3.59. The number of ether oxygens (including phenoxy) is 2. The summed E-state index contributed by atoms with van der Waals surface area (Å²) in [4.78, 5) is 24.2. The lowest BCUT2D eigenvalue weighted by Crippen LogP contribution is -2.39. The predicted molar refractivity (Wildman–Crippen MR) is 101 cm³/mol. The van der Waals surface area contributed by atoms with Gasteiger partial charge in [-0.2, -0.15) is 5.26 Å². The average Bonchev–Trinajstić information content (AvgIpc) is 2.68. The number of hydrogen-bond acceptors (Lipinski definition) is 5. The van der Waals surface area contributed by atoms with E-state index in [2.05, 4.69) is 16.7 Å². The van der Waals surface area contributed by atoms with Crippen LogP contribution in [-0.2, 0) is 9.53 Å². The van der Waals surface area contributed by atoms with Gasteiger partial charge in [0.25, 0.3) is 0 Å². The first-order chi connectivity index (χ1) is 13.1. The minimum Gasteiger partial charge on any atom is -0.495 e. The maximum absolute atomic E-state index is 12.5. The van der Waals surface area contributed by atoms with Gasteiger partial charge in [-0.1, -0.05) is 13.3 Å². The van der Waals surface area contributed by atoms with Crippen LogP contribution in [0.25, 0.3) is 0 Å². The summed E-state index contributed by atoms with van der Waals surface area (Å²) in [6, 6.07) is 7.10. The van der Waals surface area contributed by atoms with Gasteiger partial charge in [-0.25, -0.2) is 4.79 Å². The Labute approximate surface area is 160 Å². The molecule has 2 rings (SSSR count). The first-order valence-corrected chi connectivity index (χ1v) is 9.39. The molecule has 0 spiro atoms. The Hall–Kier alpha value is -2.75. The molecule has 2 amide bonds. The Morgan fingerprint density at radius 3 is 2.63 bits per heavy atom. The maximum Gasteiger partial charge on any atom is 0.407 e. The molecule has 146 valence electrons. The van der Waals surface area contributed by atoms with Crippen LogP contribution in [0.4, 0.5) is 10.5 Å². The summed E-state index contributed by atoms with van der Waals surface area (Å²) in [6.45, 7) is 2.48. The normalized spacial score (nSPS) is 18.9. The summed E-state index contributed by atoms with van der Waals surface area (Å²) in [5.41, 5.74) is 0.960. The molecule has 0 heterocycles. The largest absolute Gasteiger partial charge is 0.495 e. The summed E-state index contributed by atoms with van der Waals surface area (Å²) >= 11 is 0. The van der Waals surface area contributed by atoms with Gasteiger partial charge in [0.05, 0.1) is 19.3 Å². The number of nitrogens with zero attached hydrogens (tertiary/aromatic N) is 1. The molecule has 27 heavy (non-hydrogen) atoms. The van der Waals surface area contributed by atoms with E-state index >= 15 is 0 Å². The number of anilines is 1. The fourth-order valence-electron chi connectivity index (χ4n) is 3.13. The monoisotopic (exact) mass is 373 g/mol. The van der Waals surface area contributed by atoms with Gasteiger partial charge in [-0.05, 0) is 50.3 Å². The second-order valence-corrected chi connectivity index (χ2v) is 6.70. The molecule has 1 fully saturated rings. The molecule has 0 saturated heterocycles. The van der Waals surface area contributed by atoms with Gasteiger partial charge < -0.3 is 20.1 Å². The summed E-state index contributed by atoms with van der Waals surface area (Å²) in [5.74, 6) is 0.313. The average molecular weight is 373 g/mol. The van der Waals surface area contributed by atoms with Crippen molar-refractivity contribution in [3.05, 3.63) is 23.8 Å². The molecule has 0 bridgehead atoms. The van der Waals surface area contributed by atoms with Gasteiger partial charge in [-0.15, -0.1) is 0 Å². The third-order valence-corrected chi connectivity index (χ3v) is 4.74. The van der Waals surface area contributed by atoms with E-state index in [1.807, 2.05) is 6.92 Å². The number of methoxy groups -OCH3 is 1. The van der Waals surface area contributed by atoms with E-state index in [0.717, 1.165) is 25.7 Å². The molecule has 1 aliphatic carbocycles. The third-order valence-electron chi connectivity index (χ3n) is 4.74. The fraction of sp³-hybridized carbons (Fsp3) is 0.550. The van der Waals surface area contributed by atoms with Crippen molar-refractivity contribution in [2.45, 2.75) is 51.5 Å². The molecule has 0 radical (unpaired) electrons. The molecule has 0 atom stereocenters. The van der Waals surface area contributed by atoms with Crippen LogP contribution in [0.2, 0.25) is 0 Å². The minimum absolute atomic E-state index is 0.0503. The molecule has 1 aromatic carbocycles. The highest BCUT2D eigenvalue weighted by molar-refractivity contribution is 5.92. The zero-order valence-electron chi connectivity index (χ0n) is 15.9. The minimum atomic E-state index is -0.376. The molecule has 1 saturated carbocycles. The van der Waals surface area contributed by atoms with E-state index in [-0.39, 0.29) is 24.0 Å². The van der Waals surface area contributed by atoms with E-state index in [1.54, 1.807) is 18.2 Å². The highest BCUT2D eigenvalue weighted by Crippen LogP contribution is 2.27. The zero-order chi connectivity index (χ0) is 19.6. The quantitative estimate of drug-likeness (QED) is 0.711. The second kappa shape index (κ2) is 10.4.